The van der Waals surface area contributed by atoms with Crippen molar-refractivity contribution >= 4 is 46.5 Å². The number of carbonyl (C=O) groups is 2. The van der Waals surface area contributed by atoms with Crippen LogP contribution in [-0.4, -0.2) is 49.3 Å². The van der Waals surface area contributed by atoms with E-state index in [1.165, 1.54) is 6.08 Å². The number of halogens is 1. The summed E-state index contributed by atoms with van der Waals surface area (Å²) >= 11 is 2.36. The predicted molar refractivity (Wildman–Crippen MR) is 130 cm³/mol. The highest BCUT2D eigenvalue weighted by Crippen LogP contribution is 2.33. The van der Waals surface area contributed by atoms with Gasteiger partial charge < -0.3 is 14.3 Å². The van der Waals surface area contributed by atoms with E-state index in [4.69, 9.17) is 14.3 Å². The quantitative estimate of drug-likeness (QED) is 0.236. The molecule has 0 spiro atoms. The minimum absolute atomic E-state index is 0.0268. The lowest BCUT2D eigenvalue weighted by Crippen LogP contribution is -2.48. The minimum atomic E-state index is -1.03. The van der Waals surface area contributed by atoms with Crippen LogP contribution in [0.2, 0.25) is 0 Å². The van der Waals surface area contributed by atoms with Gasteiger partial charge in [0.15, 0.2) is 0 Å². The number of aliphatic carboxylic acids is 1. The summed E-state index contributed by atoms with van der Waals surface area (Å²) in [6.45, 7) is 8.88. The standard InChI is InChI=1S/C23H28IN3O5/c1-15-5-8-17(31-15)14-26-12-11-18(21(26)24)27(22(30)32-23(2,3)4)19-9-6-16(13-25-19)7-10-20(28)29/h5-10,13,18,21H,11-12,14H2,1-4H3,(H,28,29)/t18-,21?/m1/s1. The maximum atomic E-state index is 13.2. The van der Waals surface area contributed by atoms with E-state index < -0.39 is 17.7 Å². The molecule has 1 saturated heterocycles. The second kappa shape index (κ2) is 10.0. The number of likely N-dealkylation sites (tertiary alicyclic amines) is 1. The summed E-state index contributed by atoms with van der Waals surface area (Å²) < 4.78 is 11.5. The van der Waals surface area contributed by atoms with Gasteiger partial charge in [-0.15, -0.1) is 0 Å². The van der Waals surface area contributed by atoms with Crippen LogP contribution in [0.1, 0.15) is 44.3 Å². The number of aryl methyl sites for hydroxylation is 1. The van der Waals surface area contributed by atoms with Crippen LogP contribution < -0.4 is 4.90 Å². The van der Waals surface area contributed by atoms with Gasteiger partial charge >= 0.3 is 12.1 Å². The second-order valence-electron chi connectivity index (χ2n) is 8.68. The van der Waals surface area contributed by atoms with E-state index >= 15 is 0 Å². The Labute approximate surface area is 201 Å². The van der Waals surface area contributed by atoms with Crippen LogP contribution in [0.25, 0.3) is 6.08 Å². The largest absolute Gasteiger partial charge is 0.478 e. The molecule has 1 aliphatic heterocycles. The Morgan fingerprint density at radius 1 is 1.34 bits per heavy atom. The molecule has 1 amide bonds. The van der Waals surface area contributed by atoms with Gasteiger partial charge in [-0.2, -0.15) is 0 Å². The van der Waals surface area contributed by atoms with Gasteiger partial charge in [-0.05, 0) is 70.0 Å². The highest BCUT2D eigenvalue weighted by atomic mass is 127. The zero-order chi connectivity index (χ0) is 23.5. The summed E-state index contributed by atoms with van der Waals surface area (Å²) in [5, 5.41) is 8.81. The molecule has 0 saturated carbocycles. The molecular formula is C23H28IN3O5. The van der Waals surface area contributed by atoms with E-state index in [-0.39, 0.29) is 10.1 Å². The van der Waals surface area contributed by atoms with Crippen LogP contribution in [0.15, 0.2) is 41.0 Å². The average molecular weight is 553 g/mol. The van der Waals surface area contributed by atoms with E-state index in [9.17, 15) is 9.59 Å². The monoisotopic (exact) mass is 553 g/mol. The van der Waals surface area contributed by atoms with Crippen LogP contribution in [0.3, 0.4) is 0 Å². The van der Waals surface area contributed by atoms with Crippen molar-refractivity contribution in [3.05, 3.63) is 53.6 Å². The molecule has 8 nitrogen and oxygen atoms in total. The van der Waals surface area contributed by atoms with Crippen LogP contribution in [-0.2, 0) is 16.1 Å². The lowest BCUT2D eigenvalue weighted by molar-refractivity contribution is -0.131. The molecule has 172 valence electrons. The van der Waals surface area contributed by atoms with Gasteiger partial charge in [0.05, 0.1) is 16.6 Å². The van der Waals surface area contributed by atoms with Crippen molar-refractivity contribution in [1.29, 1.82) is 0 Å². The van der Waals surface area contributed by atoms with Crippen LogP contribution in [0, 0.1) is 6.92 Å². The highest BCUT2D eigenvalue weighted by molar-refractivity contribution is 14.1. The number of alkyl halides is 1. The van der Waals surface area contributed by atoms with Crippen LogP contribution >= 0.6 is 22.6 Å². The molecule has 0 aliphatic carbocycles. The fourth-order valence-corrected chi connectivity index (χ4v) is 4.66. The summed E-state index contributed by atoms with van der Waals surface area (Å²) in [5.74, 6) is 1.20. The summed E-state index contributed by atoms with van der Waals surface area (Å²) in [6, 6.07) is 7.23. The lowest BCUT2D eigenvalue weighted by atomic mass is 10.2. The number of carboxylic acid groups (broad SMARTS) is 1. The normalized spacial score (nSPS) is 19.4. The number of furan rings is 1. The molecule has 0 aromatic carbocycles. The van der Waals surface area contributed by atoms with Crippen molar-refractivity contribution in [2.24, 2.45) is 0 Å². The SMILES string of the molecule is Cc1ccc(CN2CC[C@@H](N(C(=O)OC(C)(C)C)c3ccc(C=CC(=O)O)cn3)C2I)o1. The Bertz CT molecular complexity index is 980. The van der Waals surface area contributed by atoms with Gasteiger partial charge in [0.1, 0.15) is 22.9 Å². The van der Waals surface area contributed by atoms with Crippen molar-refractivity contribution < 1.29 is 23.8 Å². The molecule has 9 heteroatoms. The van der Waals surface area contributed by atoms with Crippen LogP contribution in [0.4, 0.5) is 10.6 Å². The summed E-state index contributed by atoms with van der Waals surface area (Å²) in [6.07, 6.45) is 4.36. The second-order valence-corrected chi connectivity index (χ2v) is 9.96. The third kappa shape index (κ3) is 6.32. The average Bonchev–Trinajstić information content (AvgIpc) is 3.26. The number of hydrogen-bond acceptors (Lipinski definition) is 6. The van der Waals surface area contributed by atoms with E-state index in [2.05, 4.69) is 32.5 Å². The number of nitrogens with zero attached hydrogens (tertiary/aromatic N) is 3. The molecule has 1 unspecified atom stereocenters. The molecule has 0 radical (unpaired) electrons. The molecule has 2 atom stereocenters. The topological polar surface area (TPSA) is 96.1 Å². The van der Waals surface area contributed by atoms with Crippen molar-refractivity contribution in [2.75, 3.05) is 11.4 Å². The molecule has 2 aromatic heterocycles. The summed E-state index contributed by atoms with van der Waals surface area (Å²) in [7, 11) is 0. The first kappa shape index (κ1) is 24.2. The fraction of sp³-hybridized carbons (Fsp3) is 0.435. The highest BCUT2D eigenvalue weighted by Gasteiger charge is 2.41. The Balaban J connectivity index is 1.84. The molecule has 3 rings (SSSR count). The molecule has 3 heterocycles. The number of pyridine rings is 1. The molecule has 1 fully saturated rings. The summed E-state index contributed by atoms with van der Waals surface area (Å²) in [5.41, 5.74) is -0.0166. The first-order chi connectivity index (χ1) is 15.0. The zero-order valence-electron chi connectivity index (χ0n) is 18.6. The Morgan fingerprint density at radius 3 is 2.66 bits per heavy atom. The number of ether oxygens (including phenoxy) is 1. The van der Waals surface area contributed by atoms with Gasteiger partial charge in [-0.25, -0.2) is 14.6 Å². The maximum Gasteiger partial charge on any atom is 0.416 e. The number of amides is 1. The predicted octanol–water partition coefficient (Wildman–Crippen LogP) is 4.86. The molecule has 1 N–H and O–H groups in total. The van der Waals surface area contributed by atoms with Gasteiger partial charge in [0.2, 0.25) is 0 Å². The number of aromatic nitrogens is 1. The van der Waals surface area contributed by atoms with E-state index in [1.807, 2.05) is 39.8 Å². The molecular weight excluding hydrogens is 525 g/mol. The van der Waals surface area contributed by atoms with Crippen molar-refractivity contribution in [1.82, 2.24) is 9.88 Å². The van der Waals surface area contributed by atoms with E-state index in [0.717, 1.165) is 30.6 Å². The molecule has 2 aromatic rings. The molecule has 1 aliphatic rings. The van der Waals surface area contributed by atoms with Crippen LogP contribution in [0.5, 0.6) is 0 Å². The first-order valence-corrected chi connectivity index (χ1v) is 11.6. The van der Waals surface area contributed by atoms with E-state index in [1.54, 1.807) is 23.2 Å². The van der Waals surface area contributed by atoms with Gasteiger partial charge in [-0.3, -0.25) is 9.80 Å². The summed E-state index contributed by atoms with van der Waals surface area (Å²) in [4.78, 5) is 32.3. The molecule has 0 bridgehead atoms. The third-order valence-electron chi connectivity index (χ3n) is 4.89. The third-order valence-corrected chi connectivity index (χ3v) is 6.51. The fourth-order valence-electron chi connectivity index (χ4n) is 3.51. The van der Waals surface area contributed by atoms with Gasteiger partial charge in [-0.1, -0.05) is 22.6 Å². The van der Waals surface area contributed by atoms with Gasteiger partial charge in [0.25, 0.3) is 0 Å². The Hall–Kier alpha value is -2.40. The number of hydrogen-bond donors (Lipinski definition) is 1. The number of carboxylic acids is 1. The first-order valence-electron chi connectivity index (χ1n) is 10.4. The van der Waals surface area contributed by atoms with Crippen molar-refractivity contribution in [3.63, 3.8) is 0 Å². The maximum absolute atomic E-state index is 13.2. The van der Waals surface area contributed by atoms with E-state index in [0.29, 0.717) is 17.9 Å². The lowest BCUT2D eigenvalue weighted by Gasteiger charge is -2.33. The smallest absolute Gasteiger partial charge is 0.416 e. The van der Waals surface area contributed by atoms with Crippen molar-refractivity contribution in [3.8, 4) is 0 Å². The Morgan fingerprint density at radius 2 is 2.09 bits per heavy atom. The zero-order valence-corrected chi connectivity index (χ0v) is 20.8. The number of rotatable bonds is 6. The number of carbonyl (C=O) groups excluding carboxylic acids is 1. The molecule has 32 heavy (non-hydrogen) atoms. The number of anilines is 1. The minimum Gasteiger partial charge on any atom is -0.478 e. The Kier molecular flexibility index (Phi) is 7.60. The van der Waals surface area contributed by atoms with Crippen molar-refractivity contribution in [2.45, 2.75) is 56.4 Å². The van der Waals surface area contributed by atoms with Gasteiger partial charge in [0, 0.05) is 18.8 Å².